The number of fused-ring (bicyclic) bond motifs is 2. The van der Waals surface area contributed by atoms with Gasteiger partial charge in [-0.2, -0.15) is 0 Å². The van der Waals surface area contributed by atoms with Crippen molar-refractivity contribution in [2.75, 3.05) is 18.1 Å². The van der Waals surface area contributed by atoms with Gasteiger partial charge in [0.1, 0.15) is 12.4 Å². The number of anilines is 1. The first kappa shape index (κ1) is 17.5. The summed E-state index contributed by atoms with van der Waals surface area (Å²) in [7, 11) is 0. The largest absolute Gasteiger partial charge is 0.504 e. The lowest BCUT2D eigenvalue weighted by atomic mass is 9.98. The molecule has 5 nitrogen and oxygen atoms in total. The zero-order valence-corrected chi connectivity index (χ0v) is 16.2. The van der Waals surface area contributed by atoms with Gasteiger partial charge in [-0.1, -0.05) is 36.4 Å². The molecule has 0 amide bonds. The molecular weight excluding hydrogens is 362 g/mol. The first-order valence-corrected chi connectivity index (χ1v) is 9.70. The van der Waals surface area contributed by atoms with Crippen LogP contribution < -0.4 is 9.64 Å². The Morgan fingerprint density at radius 1 is 1.00 bits per heavy atom. The van der Waals surface area contributed by atoms with E-state index < -0.39 is 0 Å². The molecule has 0 saturated carbocycles. The monoisotopic (exact) mass is 383 g/mol. The Bertz CT molecular complexity index is 1210. The highest BCUT2D eigenvalue weighted by Gasteiger charge is 2.21. The Balaban J connectivity index is 1.55. The second-order valence-electron chi connectivity index (χ2n) is 7.29. The Hall–Kier alpha value is -3.60. The average Bonchev–Trinajstić information content (AvgIpc) is 2.97. The molecule has 1 aromatic heterocycles. The van der Waals surface area contributed by atoms with E-state index in [-0.39, 0.29) is 5.75 Å². The molecule has 1 aliphatic heterocycles. The van der Waals surface area contributed by atoms with Crippen LogP contribution in [0, 0.1) is 6.92 Å². The fourth-order valence-electron chi connectivity index (χ4n) is 3.85. The number of ether oxygens (including phenoxy) is 1. The molecule has 0 bridgehead atoms. The van der Waals surface area contributed by atoms with Gasteiger partial charge in [-0.25, -0.2) is 4.98 Å². The number of hydrogen-bond acceptors (Lipinski definition) is 5. The van der Waals surface area contributed by atoms with Crippen LogP contribution in [-0.4, -0.2) is 28.2 Å². The zero-order valence-electron chi connectivity index (χ0n) is 16.2. The molecule has 4 aromatic rings. The Morgan fingerprint density at radius 2 is 1.79 bits per heavy atom. The van der Waals surface area contributed by atoms with Crippen LogP contribution >= 0.6 is 0 Å². The summed E-state index contributed by atoms with van der Waals surface area (Å²) < 4.78 is 5.90. The molecule has 1 aliphatic rings. The van der Waals surface area contributed by atoms with E-state index in [2.05, 4.69) is 35.0 Å². The predicted octanol–water partition coefficient (Wildman–Crippen LogP) is 4.71. The normalized spacial score (nSPS) is 13.6. The van der Waals surface area contributed by atoms with Gasteiger partial charge in [0, 0.05) is 12.1 Å². The number of aromatic hydroxyl groups is 1. The SMILES string of the molecule is Cc1ccccc1-c1cc(O)c2c(c1)CN(c1cnc3ccccc3n1)CCO2. The maximum absolute atomic E-state index is 10.6. The third kappa shape index (κ3) is 3.25. The molecule has 3 aromatic carbocycles. The second-order valence-corrected chi connectivity index (χ2v) is 7.29. The molecule has 0 saturated heterocycles. The molecule has 0 atom stereocenters. The van der Waals surface area contributed by atoms with Crippen molar-refractivity contribution in [3.8, 4) is 22.6 Å². The number of para-hydroxylation sites is 2. The lowest BCUT2D eigenvalue weighted by molar-refractivity contribution is 0.311. The smallest absolute Gasteiger partial charge is 0.166 e. The number of hydrogen-bond donors (Lipinski definition) is 1. The standard InChI is InChI=1S/C24H21N3O2/c1-16-6-2-3-7-19(16)17-12-18-15-27(10-11-29-24(18)22(28)13-17)23-14-25-20-8-4-5-9-21(20)26-23/h2-9,12-14,28H,10-11,15H2,1H3. The van der Waals surface area contributed by atoms with Crippen molar-refractivity contribution < 1.29 is 9.84 Å². The molecule has 0 aliphatic carbocycles. The van der Waals surface area contributed by atoms with E-state index in [1.807, 2.05) is 36.4 Å². The molecule has 5 rings (SSSR count). The summed E-state index contributed by atoms with van der Waals surface area (Å²) >= 11 is 0. The van der Waals surface area contributed by atoms with Crippen molar-refractivity contribution in [2.24, 2.45) is 0 Å². The molecule has 0 radical (unpaired) electrons. The maximum atomic E-state index is 10.6. The Morgan fingerprint density at radius 3 is 2.66 bits per heavy atom. The number of nitrogens with zero attached hydrogens (tertiary/aromatic N) is 3. The van der Waals surface area contributed by atoms with Gasteiger partial charge in [-0.15, -0.1) is 0 Å². The molecule has 1 N–H and O–H groups in total. The number of aromatic nitrogens is 2. The van der Waals surface area contributed by atoms with Gasteiger partial charge in [0.15, 0.2) is 11.5 Å². The molecular formula is C24H21N3O2. The van der Waals surface area contributed by atoms with Gasteiger partial charge in [0.05, 0.1) is 23.8 Å². The van der Waals surface area contributed by atoms with E-state index in [1.54, 1.807) is 12.3 Å². The van der Waals surface area contributed by atoms with Crippen molar-refractivity contribution in [1.29, 1.82) is 0 Å². The summed E-state index contributed by atoms with van der Waals surface area (Å²) in [5.74, 6) is 1.53. The van der Waals surface area contributed by atoms with Gasteiger partial charge >= 0.3 is 0 Å². The predicted molar refractivity (Wildman–Crippen MR) is 114 cm³/mol. The van der Waals surface area contributed by atoms with Crippen molar-refractivity contribution >= 4 is 16.9 Å². The van der Waals surface area contributed by atoms with E-state index in [1.165, 1.54) is 5.56 Å². The van der Waals surface area contributed by atoms with Crippen LogP contribution in [0.3, 0.4) is 0 Å². The highest BCUT2D eigenvalue weighted by molar-refractivity contribution is 5.76. The quantitative estimate of drug-likeness (QED) is 0.543. The van der Waals surface area contributed by atoms with Gasteiger partial charge in [-0.05, 0) is 47.9 Å². The number of benzene rings is 3. The first-order chi connectivity index (χ1) is 14.2. The lowest BCUT2D eigenvalue weighted by Gasteiger charge is -2.21. The van der Waals surface area contributed by atoms with Crippen LogP contribution in [0.25, 0.3) is 22.2 Å². The summed E-state index contributed by atoms with van der Waals surface area (Å²) in [5, 5.41) is 10.6. The fraction of sp³-hybridized carbons (Fsp3) is 0.167. The van der Waals surface area contributed by atoms with Crippen LogP contribution in [0.5, 0.6) is 11.5 Å². The first-order valence-electron chi connectivity index (χ1n) is 9.70. The highest BCUT2D eigenvalue weighted by atomic mass is 16.5. The van der Waals surface area contributed by atoms with E-state index in [0.29, 0.717) is 25.4 Å². The maximum Gasteiger partial charge on any atom is 0.166 e. The van der Waals surface area contributed by atoms with Crippen LogP contribution in [0.1, 0.15) is 11.1 Å². The molecule has 144 valence electrons. The van der Waals surface area contributed by atoms with Gasteiger partial charge in [-0.3, -0.25) is 4.98 Å². The minimum absolute atomic E-state index is 0.173. The second kappa shape index (κ2) is 7.09. The Labute approximate surface area is 169 Å². The average molecular weight is 383 g/mol. The summed E-state index contributed by atoms with van der Waals surface area (Å²) in [4.78, 5) is 11.5. The van der Waals surface area contributed by atoms with Gasteiger partial charge in [0.25, 0.3) is 0 Å². The summed E-state index contributed by atoms with van der Waals surface area (Å²) in [6, 6.07) is 19.9. The minimum Gasteiger partial charge on any atom is -0.504 e. The van der Waals surface area contributed by atoms with Crippen LogP contribution in [-0.2, 0) is 6.54 Å². The third-order valence-electron chi connectivity index (χ3n) is 5.33. The summed E-state index contributed by atoms with van der Waals surface area (Å²) in [6.45, 7) is 3.81. The van der Waals surface area contributed by atoms with Crippen molar-refractivity contribution in [3.05, 3.63) is 78.0 Å². The number of rotatable bonds is 2. The topological polar surface area (TPSA) is 58.5 Å². The third-order valence-corrected chi connectivity index (χ3v) is 5.33. The van der Waals surface area contributed by atoms with Crippen LogP contribution in [0.2, 0.25) is 0 Å². The number of aryl methyl sites for hydroxylation is 1. The molecule has 5 heteroatoms. The summed E-state index contributed by atoms with van der Waals surface area (Å²) in [5.41, 5.74) is 5.93. The Kier molecular flexibility index (Phi) is 4.28. The van der Waals surface area contributed by atoms with Gasteiger partial charge in [0.2, 0.25) is 0 Å². The van der Waals surface area contributed by atoms with Crippen LogP contribution in [0.4, 0.5) is 5.82 Å². The zero-order chi connectivity index (χ0) is 19.8. The lowest BCUT2D eigenvalue weighted by Crippen LogP contribution is -2.26. The summed E-state index contributed by atoms with van der Waals surface area (Å²) in [6.07, 6.45) is 1.80. The van der Waals surface area contributed by atoms with Crippen molar-refractivity contribution in [3.63, 3.8) is 0 Å². The van der Waals surface area contributed by atoms with Crippen molar-refractivity contribution in [2.45, 2.75) is 13.5 Å². The molecule has 0 unspecified atom stereocenters. The van der Waals surface area contributed by atoms with Crippen LogP contribution in [0.15, 0.2) is 66.9 Å². The van der Waals surface area contributed by atoms with Crippen molar-refractivity contribution in [1.82, 2.24) is 9.97 Å². The van der Waals surface area contributed by atoms with Gasteiger partial charge < -0.3 is 14.7 Å². The fourth-order valence-corrected chi connectivity index (χ4v) is 3.85. The molecule has 29 heavy (non-hydrogen) atoms. The molecule has 0 fully saturated rings. The number of phenols is 1. The van der Waals surface area contributed by atoms with E-state index in [4.69, 9.17) is 9.72 Å². The minimum atomic E-state index is 0.173. The number of phenolic OH excluding ortho intramolecular Hbond substituents is 1. The molecule has 0 spiro atoms. The van der Waals surface area contributed by atoms with E-state index in [9.17, 15) is 5.11 Å². The van der Waals surface area contributed by atoms with E-state index in [0.717, 1.165) is 33.5 Å². The van der Waals surface area contributed by atoms with E-state index >= 15 is 0 Å². The molecule has 2 heterocycles. The highest BCUT2D eigenvalue weighted by Crippen LogP contribution is 2.38.